The fraction of sp³-hybridized carbons (Fsp3) is 1.00. The molecule has 1 fully saturated rings. The molecule has 32 heavy (non-hydrogen) atoms. The Morgan fingerprint density at radius 1 is 0.719 bits per heavy atom. The maximum atomic E-state index is 11.5. The van der Waals surface area contributed by atoms with Gasteiger partial charge in [0.2, 0.25) is 0 Å². The highest BCUT2D eigenvalue weighted by Crippen LogP contribution is 2.50. The molecule has 22 heteroatoms. The molecular weight excluding hydrogens is 532 g/mol. The first-order valence-corrected chi connectivity index (χ1v) is 14.5. The topological polar surface area (TPSA) is 285 Å². The minimum atomic E-state index is -5.55. The second kappa shape index (κ2) is 11.4. The lowest BCUT2D eigenvalue weighted by Gasteiger charge is -2.45. The molecule has 0 spiro atoms. The molecule has 0 unspecified atom stereocenters. The van der Waals surface area contributed by atoms with Gasteiger partial charge >= 0.3 is 31.3 Å². The number of phosphoric ester groups is 4. The van der Waals surface area contributed by atoms with Crippen LogP contribution in [0, 0.1) is 5.92 Å². The highest BCUT2D eigenvalue weighted by Gasteiger charge is 2.55. The average Bonchev–Trinajstić information content (AvgIpc) is 2.51. The molecule has 192 valence electrons. The molecule has 1 aliphatic rings. The first-order chi connectivity index (χ1) is 14.2. The van der Waals surface area contributed by atoms with E-state index >= 15 is 0 Å². The Bertz CT molecular complexity index is 792. The van der Waals surface area contributed by atoms with Gasteiger partial charge in [0.05, 0.1) is 13.2 Å². The van der Waals surface area contributed by atoms with Gasteiger partial charge in [-0.15, -0.1) is 0 Å². The summed E-state index contributed by atoms with van der Waals surface area (Å²) in [4.78, 5) is 72.9. The summed E-state index contributed by atoms with van der Waals surface area (Å²) in [6, 6.07) is 0. The van der Waals surface area contributed by atoms with Crippen molar-refractivity contribution in [2.75, 3.05) is 13.2 Å². The molecule has 1 saturated heterocycles. The van der Waals surface area contributed by atoms with Crippen LogP contribution in [-0.2, 0) is 45.8 Å². The van der Waals surface area contributed by atoms with Crippen molar-refractivity contribution < 1.29 is 85.0 Å². The highest BCUT2D eigenvalue weighted by atomic mass is 31.2. The maximum absolute atomic E-state index is 11.5. The average molecular weight is 556 g/mol. The summed E-state index contributed by atoms with van der Waals surface area (Å²) < 4.78 is 73.2. The van der Waals surface area contributed by atoms with Crippen molar-refractivity contribution in [1.82, 2.24) is 0 Å². The first kappa shape index (κ1) is 30.4. The number of hydrogen-bond acceptors (Lipinski definition) is 10. The zero-order valence-electron chi connectivity index (χ0n) is 16.3. The van der Waals surface area contributed by atoms with E-state index in [0.29, 0.717) is 0 Å². The summed E-state index contributed by atoms with van der Waals surface area (Å²) >= 11 is 0. The molecular formula is C10H24O18P4. The van der Waals surface area contributed by atoms with Gasteiger partial charge in [-0.05, 0) is 5.92 Å². The summed E-state index contributed by atoms with van der Waals surface area (Å²) in [7, 11) is -21.7. The Morgan fingerprint density at radius 3 is 1.56 bits per heavy atom. The fourth-order valence-corrected chi connectivity index (χ4v) is 4.45. The van der Waals surface area contributed by atoms with Crippen molar-refractivity contribution in [1.29, 1.82) is 0 Å². The van der Waals surface area contributed by atoms with E-state index in [-0.39, 0.29) is 12.5 Å². The van der Waals surface area contributed by atoms with Crippen LogP contribution >= 0.6 is 31.3 Å². The van der Waals surface area contributed by atoms with E-state index in [4.69, 9.17) is 29.0 Å². The van der Waals surface area contributed by atoms with Crippen molar-refractivity contribution >= 4 is 31.3 Å². The molecule has 0 amide bonds. The third-order valence-electron chi connectivity index (χ3n) is 3.37. The van der Waals surface area contributed by atoms with Crippen LogP contribution in [0.2, 0.25) is 0 Å². The molecule has 0 aromatic rings. The Balaban J connectivity index is 3.49. The van der Waals surface area contributed by atoms with E-state index in [0.717, 1.165) is 0 Å². The summed E-state index contributed by atoms with van der Waals surface area (Å²) in [5, 5.41) is 0. The standard InChI is InChI=1S/C10H24O18P4/c1-5(2)3-23-10-9(28-32(20,21)22)8(27-31(17,18)19)7(26-30(14,15)16)6(25-10)4-24-29(11,12)13/h5-10H,3-4H2,1-2H3,(H2,11,12,13)(H2,14,15,16)(H2,17,18,19)(H2,20,21,22)/t6-,7+,8+,9-,10-/m1/s1. The van der Waals surface area contributed by atoms with Crippen LogP contribution in [0.25, 0.3) is 0 Å². The van der Waals surface area contributed by atoms with Crippen molar-refractivity contribution in [3.05, 3.63) is 0 Å². The molecule has 0 radical (unpaired) electrons. The molecule has 8 N–H and O–H groups in total. The Morgan fingerprint density at radius 2 is 1.16 bits per heavy atom. The minimum absolute atomic E-state index is 0.190. The van der Waals surface area contributed by atoms with Crippen molar-refractivity contribution in [2.24, 2.45) is 5.92 Å². The van der Waals surface area contributed by atoms with E-state index in [1.807, 2.05) is 0 Å². The van der Waals surface area contributed by atoms with Crippen molar-refractivity contribution in [3.63, 3.8) is 0 Å². The van der Waals surface area contributed by atoms with Crippen LogP contribution in [0.4, 0.5) is 0 Å². The van der Waals surface area contributed by atoms with Gasteiger partial charge < -0.3 is 48.6 Å². The molecule has 0 saturated carbocycles. The molecule has 0 bridgehead atoms. The van der Waals surface area contributed by atoms with Gasteiger partial charge in [0.1, 0.15) is 24.4 Å². The van der Waals surface area contributed by atoms with Gasteiger partial charge in [-0.3, -0.25) is 18.1 Å². The van der Waals surface area contributed by atoms with Crippen molar-refractivity contribution in [2.45, 2.75) is 44.6 Å². The predicted molar refractivity (Wildman–Crippen MR) is 98.2 cm³/mol. The van der Waals surface area contributed by atoms with Crippen LogP contribution in [0.5, 0.6) is 0 Å². The van der Waals surface area contributed by atoms with E-state index in [1.165, 1.54) is 0 Å². The molecule has 0 aromatic carbocycles. The maximum Gasteiger partial charge on any atom is 0.470 e. The number of ether oxygens (including phenoxy) is 2. The van der Waals surface area contributed by atoms with E-state index < -0.39 is 68.6 Å². The van der Waals surface area contributed by atoms with Gasteiger partial charge in [0.15, 0.2) is 6.29 Å². The number of phosphoric acid groups is 4. The molecule has 5 atom stereocenters. The van der Waals surface area contributed by atoms with Crippen LogP contribution in [0.1, 0.15) is 13.8 Å². The number of hydrogen-bond donors (Lipinski definition) is 8. The summed E-state index contributed by atoms with van der Waals surface area (Å²) in [5.74, 6) is -0.232. The lowest BCUT2D eigenvalue weighted by atomic mass is 9.99. The molecule has 1 heterocycles. The number of rotatable bonds is 12. The largest absolute Gasteiger partial charge is 0.470 e. The van der Waals surface area contributed by atoms with Crippen LogP contribution in [0.15, 0.2) is 0 Å². The predicted octanol–water partition coefficient (Wildman–Crippen LogP) is -1.07. The Labute approximate surface area is 180 Å². The van der Waals surface area contributed by atoms with E-state index in [1.54, 1.807) is 13.8 Å². The summed E-state index contributed by atoms with van der Waals surface area (Å²) in [5.41, 5.74) is 0. The van der Waals surface area contributed by atoms with Gasteiger partial charge in [-0.2, -0.15) is 0 Å². The Hall–Kier alpha value is 0.360. The smallest absolute Gasteiger partial charge is 0.350 e. The lowest BCUT2D eigenvalue weighted by Crippen LogP contribution is -2.61. The third kappa shape index (κ3) is 12.2. The zero-order valence-corrected chi connectivity index (χ0v) is 19.9. The molecule has 18 nitrogen and oxygen atoms in total. The minimum Gasteiger partial charge on any atom is -0.350 e. The molecule has 0 aliphatic carbocycles. The lowest BCUT2D eigenvalue weighted by molar-refractivity contribution is -0.293. The van der Waals surface area contributed by atoms with Gasteiger partial charge in [0, 0.05) is 0 Å². The highest BCUT2D eigenvalue weighted by molar-refractivity contribution is 7.47. The van der Waals surface area contributed by atoms with Crippen molar-refractivity contribution in [3.8, 4) is 0 Å². The second-order valence-electron chi connectivity index (χ2n) is 6.74. The zero-order chi connectivity index (χ0) is 25.1. The van der Waals surface area contributed by atoms with Gasteiger partial charge in [0.25, 0.3) is 0 Å². The SMILES string of the molecule is CC(C)CO[C@@H]1O[C@H](COP(=O)(O)O)[C@H](OP(=O)(O)O)[C@H](OP(=O)(O)O)[C@H]1OP(=O)(O)O. The van der Waals surface area contributed by atoms with Crippen LogP contribution in [0.3, 0.4) is 0 Å². The Kier molecular flexibility index (Phi) is 10.8. The van der Waals surface area contributed by atoms with E-state index in [2.05, 4.69) is 18.1 Å². The molecule has 1 aliphatic heterocycles. The summed E-state index contributed by atoms with van der Waals surface area (Å²) in [6.07, 6.45) is -10.8. The van der Waals surface area contributed by atoms with Gasteiger partial charge in [-0.25, -0.2) is 18.3 Å². The quantitative estimate of drug-likeness (QED) is 0.133. The fourth-order valence-electron chi connectivity index (χ4n) is 2.44. The van der Waals surface area contributed by atoms with Gasteiger partial charge in [-0.1, -0.05) is 13.8 Å². The molecule has 0 aromatic heterocycles. The van der Waals surface area contributed by atoms with Crippen LogP contribution in [-0.4, -0.2) is 83.1 Å². The first-order valence-electron chi connectivity index (χ1n) is 8.36. The third-order valence-corrected chi connectivity index (χ3v) is 5.41. The monoisotopic (exact) mass is 556 g/mol. The summed E-state index contributed by atoms with van der Waals surface area (Å²) in [6.45, 7) is 1.91. The normalized spacial score (nSPS) is 28.3. The molecule has 1 rings (SSSR count). The van der Waals surface area contributed by atoms with E-state index in [9.17, 15) is 37.8 Å². The van der Waals surface area contributed by atoms with Crippen LogP contribution < -0.4 is 0 Å². The second-order valence-corrected chi connectivity index (χ2v) is 11.6.